The predicted octanol–water partition coefficient (Wildman–Crippen LogP) is 3.00. The summed E-state index contributed by atoms with van der Waals surface area (Å²) in [5.41, 5.74) is 2.16. The lowest BCUT2D eigenvalue weighted by Crippen LogP contribution is -2.22. The molecule has 2 aromatic heterocycles. The van der Waals surface area contributed by atoms with Crippen LogP contribution < -0.4 is 15.0 Å². The number of hydrogen-bond donors (Lipinski definition) is 0. The summed E-state index contributed by atoms with van der Waals surface area (Å²) in [7, 11) is 5.22. The van der Waals surface area contributed by atoms with Crippen molar-refractivity contribution in [3.05, 3.63) is 69.2 Å². The summed E-state index contributed by atoms with van der Waals surface area (Å²) in [6, 6.07) is 10.7. The Morgan fingerprint density at radius 1 is 1.12 bits per heavy atom. The molecule has 1 aromatic carbocycles. The molecule has 136 valence electrons. The van der Waals surface area contributed by atoms with Crippen LogP contribution in [0.3, 0.4) is 0 Å². The lowest BCUT2D eigenvalue weighted by Gasteiger charge is -2.18. The Balaban J connectivity index is 1.80. The Morgan fingerprint density at radius 3 is 2.65 bits per heavy atom. The molecule has 2 heterocycles. The van der Waals surface area contributed by atoms with Crippen molar-refractivity contribution >= 4 is 17.2 Å². The molecular formula is C19H20ClN3O3. The molecule has 6 nitrogen and oxygen atoms in total. The highest BCUT2D eigenvalue weighted by atomic mass is 35.5. The number of pyridine rings is 1. The van der Waals surface area contributed by atoms with E-state index in [1.54, 1.807) is 32.5 Å². The van der Waals surface area contributed by atoms with Gasteiger partial charge in [0.1, 0.15) is 17.1 Å². The van der Waals surface area contributed by atoms with Gasteiger partial charge in [-0.15, -0.1) is 0 Å². The van der Waals surface area contributed by atoms with Crippen molar-refractivity contribution in [2.45, 2.75) is 13.1 Å². The van der Waals surface area contributed by atoms with E-state index in [0.29, 0.717) is 29.5 Å². The molecule has 0 unspecified atom stereocenters. The molecule has 0 radical (unpaired) electrons. The van der Waals surface area contributed by atoms with Crippen LogP contribution in [0, 0.1) is 0 Å². The lowest BCUT2D eigenvalue weighted by molar-refractivity contribution is 0.305. The normalized spacial score (nSPS) is 11.1. The van der Waals surface area contributed by atoms with Gasteiger partial charge in [-0.05, 0) is 25.2 Å². The van der Waals surface area contributed by atoms with Gasteiger partial charge in [-0.2, -0.15) is 0 Å². The van der Waals surface area contributed by atoms with Gasteiger partial charge in [0.05, 0.1) is 24.9 Å². The summed E-state index contributed by atoms with van der Waals surface area (Å²) in [5.74, 6) is 1.51. The van der Waals surface area contributed by atoms with Crippen molar-refractivity contribution in [3.63, 3.8) is 0 Å². The average Bonchev–Trinajstić information content (AvgIpc) is 2.62. The number of nitrogens with zero attached hydrogens (tertiary/aromatic N) is 3. The number of ether oxygens (including phenoxy) is 2. The van der Waals surface area contributed by atoms with Gasteiger partial charge in [0.15, 0.2) is 0 Å². The number of aromatic nitrogens is 2. The van der Waals surface area contributed by atoms with Crippen molar-refractivity contribution in [2.24, 2.45) is 0 Å². The molecule has 0 fully saturated rings. The summed E-state index contributed by atoms with van der Waals surface area (Å²) in [4.78, 5) is 18.9. The first-order valence-electron chi connectivity index (χ1n) is 8.07. The van der Waals surface area contributed by atoms with Gasteiger partial charge in [0.25, 0.3) is 5.56 Å². The van der Waals surface area contributed by atoms with E-state index in [9.17, 15) is 4.79 Å². The smallest absolute Gasteiger partial charge is 0.258 e. The molecule has 26 heavy (non-hydrogen) atoms. The molecule has 0 saturated carbocycles. The Kier molecular flexibility index (Phi) is 5.44. The third-order valence-electron chi connectivity index (χ3n) is 4.04. The van der Waals surface area contributed by atoms with Gasteiger partial charge in [-0.1, -0.05) is 17.7 Å². The largest absolute Gasteiger partial charge is 0.497 e. The van der Waals surface area contributed by atoms with E-state index < -0.39 is 0 Å². The van der Waals surface area contributed by atoms with E-state index in [2.05, 4.69) is 9.88 Å². The highest BCUT2D eigenvalue weighted by molar-refractivity contribution is 6.30. The molecule has 0 atom stereocenters. The van der Waals surface area contributed by atoms with Crippen molar-refractivity contribution in [3.8, 4) is 11.5 Å². The average molecular weight is 374 g/mol. The van der Waals surface area contributed by atoms with Crippen molar-refractivity contribution in [2.75, 3.05) is 21.3 Å². The number of hydrogen-bond acceptors (Lipinski definition) is 5. The van der Waals surface area contributed by atoms with Crippen LogP contribution in [0.1, 0.15) is 11.3 Å². The summed E-state index contributed by atoms with van der Waals surface area (Å²) in [6.07, 6.45) is 1.57. The maximum Gasteiger partial charge on any atom is 0.258 e. The zero-order valence-electron chi connectivity index (χ0n) is 14.9. The second-order valence-electron chi connectivity index (χ2n) is 6.01. The molecule has 0 N–H and O–H groups in total. The molecule has 7 heteroatoms. The van der Waals surface area contributed by atoms with Crippen LogP contribution in [0.25, 0.3) is 5.65 Å². The first-order chi connectivity index (χ1) is 12.5. The van der Waals surface area contributed by atoms with Crippen LogP contribution in [0.5, 0.6) is 11.5 Å². The zero-order chi connectivity index (χ0) is 18.7. The highest BCUT2D eigenvalue weighted by Gasteiger charge is 2.10. The van der Waals surface area contributed by atoms with E-state index in [-0.39, 0.29) is 5.56 Å². The number of halogens is 1. The fourth-order valence-corrected chi connectivity index (χ4v) is 2.97. The summed E-state index contributed by atoms with van der Waals surface area (Å²) < 4.78 is 12.1. The summed E-state index contributed by atoms with van der Waals surface area (Å²) in [6.45, 7) is 1.18. The fraction of sp³-hybridized carbons (Fsp3) is 0.263. The van der Waals surface area contributed by atoms with E-state index in [4.69, 9.17) is 21.1 Å². The van der Waals surface area contributed by atoms with Crippen LogP contribution in [0.15, 0.2) is 47.4 Å². The van der Waals surface area contributed by atoms with Crippen LogP contribution >= 0.6 is 11.6 Å². The molecule has 0 saturated heterocycles. The van der Waals surface area contributed by atoms with Crippen LogP contribution in [0.2, 0.25) is 5.02 Å². The number of fused-ring (bicyclic) bond motifs is 1. The van der Waals surface area contributed by atoms with Gasteiger partial charge in [-0.3, -0.25) is 14.1 Å². The molecular weight excluding hydrogens is 354 g/mol. The van der Waals surface area contributed by atoms with Crippen molar-refractivity contribution in [1.29, 1.82) is 0 Å². The van der Waals surface area contributed by atoms with E-state index >= 15 is 0 Å². The topological polar surface area (TPSA) is 56.1 Å². The molecule has 0 amide bonds. The standard InChI is InChI=1S/C19H20ClN3O3/c1-22(10-13-4-6-16(25-2)9-17(13)26-3)12-15-8-19(24)23-11-14(20)5-7-18(23)21-15/h4-9,11H,10,12H2,1-3H3. The third kappa shape index (κ3) is 3.98. The molecule has 3 rings (SSSR count). The third-order valence-corrected chi connectivity index (χ3v) is 4.27. The SMILES string of the molecule is COc1ccc(CN(C)Cc2cc(=O)n3cc(Cl)ccc3n2)c(OC)c1. The van der Waals surface area contributed by atoms with Gasteiger partial charge in [0, 0.05) is 37.0 Å². The summed E-state index contributed by atoms with van der Waals surface area (Å²) >= 11 is 5.94. The Hall–Kier alpha value is -2.57. The maximum atomic E-state index is 12.3. The minimum Gasteiger partial charge on any atom is -0.497 e. The molecule has 3 aromatic rings. The van der Waals surface area contributed by atoms with Crippen LogP contribution in [0.4, 0.5) is 0 Å². The minimum absolute atomic E-state index is 0.150. The quantitative estimate of drug-likeness (QED) is 0.664. The molecule has 0 aliphatic heterocycles. The monoisotopic (exact) mass is 373 g/mol. The van der Waals surface area contributed by atoms with Crippen LogP contribution in [-0.4, -0.2) is 35.6 Å². The molecule has 0 aliphatic rings. The zero-order valence-corrected chi connectivity index (χ0v) is 15.7. The number of benzene rings is 1. The van der Waals surface area contributed by atoms with Gasteiger partial charge >= 0.3 is 0 Å². The van der Waals surface area contributed by atoms with Crippen molar-refractivity contribution < 1.29 is 9.47 Å². The van der Waals surface area contributed by atoms with E-state index in [1.165, 1.54) is 10.5 Å². The highest BCUT2D eigenvalue weighted by Crippen LogP contribution is 2.25. The van der Waals surface area contributed by atoms with Gasteiger partial charge < -0.3 is 9.47 Å². The number of rotatable bonds is 6. The Bertz CT molecular complexity index is 987. The van der Waals surface area contributed by atoms with Gasteiger partial charge in [0.2, 0.25) is 0 Å². The number of methoxy groups -OCH3 is 2. The Labute approximate surface area is 156 Å². The van der Waals surface area contributed by atoms with Crippen LogP contribution in [-0.2, 0) is 13.1 Å². The van der Waals surface area contributed by atoms with E-state index in [0.717, 1.165) is 17.1 Å². The molecule has 0 aliphatic carbocycles. The summed E-state index contributed by atoms with van der Waals surface area (Å²) in [5, 5.41) is 0.498. The Morgan fingerprint density at radius 2 is 1.92 bits per heavy atom. The second-order valence-corrected chi connectivity index (χ2v) is 6.45. The fourth-order valence-electron chi connectivity index (χ4n) is 2.81. The predicted molar refractivity (Wildman–Crippen MR) is 101 cm³/mol. The van der Waals surface area contributed by atoms with E-state index in [1.807, 2.05) is 25.2 Å². The second kappa shape index (κ2) is 7.76. The first kappa shape index (κ1) is 18.2. The van der Waals surface area contributed by atoms with Gasteiger partial charge in [-0.25, -0.2) is 4.98 Å². The molecule has 0 spiro atoms. The lowest BCUT2D eigenvalue weighted by atomic mass is 10.1. The first-order valence-corrected chi connectivity index (χ1v) is 8.45. The minimum atomic E-state index is -0.150. The molecule has 0 bridgehead atoms. The van der Waals surface area contributed by atoms with Crippen molar-refractivity contribution in [1.82, 2.24) is 14.3 Å². The maximum absolute atomic E-state index is 12.3.